The molecule has 1 aliphatic rings. The zero-order valence-corrected chi connectivity index (χ0v) is 13.6. The first-order valence-corrected chi connectivity index (χ1v) is 8.61. The molecular formula is C20H13N3S. The predicted molar refractivity (Wildman–Crippen MR) is 98.3 cm³/mol. The Morgan fingerprint density at radius 1 is 0.667 bits per heavy atom. The van der Waals surface area contributed by atoms with E-state index in [1.54, 1.807) is 11.8 Å². The van der Waals surface area contributed by atoms with Gasteiger partial charge in [0, 0.05) is 10.6 Å². The SMILES string of the molecule is c1ccc(N2c3ccccc3Sc3nc4ccccc4nc32)cc1. The van der Waals surface area contributed by atoms with E-state index in [2.05, 4.69) is 41.3 Å². The fourth-order valence-corrected chi connectivity index (χ4v) is 3.96. The first-order valence-electron chi connectivity index (χ1n) is 7.79. The van der Waals surface area contributed by atoms with Crippen LogP contribution in [0.1, 0.15) is 0 Å². The van der Waals surface area contributed by atoms with E-state index in [1.165, 1.54) is 4.90 Å². The number of para-hydroxylation sites is 4. The molecule has 5 rings (SSSR count). The summed E-state index contributed by atoms with van der Waals surface area (Å²) in [5.41, 5.74) is 4.08. The van der Waals surface area contributed by atoms with Gasteiger partial charge in [0.05, 0.1) is 16.7 Å². The van der Waals surface area contributed by atoms with E-state index in [0.717, 1.165) is 33.3 Å². The average Bonchev–Trinajstić information content (AvgIpc) is 2.65. The topological polar surface area (TPSA) is 29.0 Å². The van der Waals surface area contributed by atoms with Crippen LogP contribution >= 0.6 is 11.8 Å². The second-order valence-electron chi connectivity index (χ2n) is 5.58. The van der Waals surface area contributed by atoms with Crippen molar-refractivity contribution >= 4 is 40.0 Å². The van der Waals surface area contributed by atoms with Gasteiger partial charge in [0.25, 0.3) is 0 Å². The maximum atomic E-state index is 4.92. The zero-order chi connectivity index (χ0) is 15.9. The molecule has 0 N–H and O–H groups in total. The lowest BCUT2D eigenvalue weighted by Crippen LogP contribution is -2.17. The largest absolute Gasteiger partial charge is 0.292 e. The number of anilines is 3. The molecule has 2 heterocycles. The van der Waals surface area contributed by atoms with E-state index in [0.29, 0.717) is 0 Å². The van der Waals surface area contributed by atoms with Gasteiger partial charge in [-0.25, -0.2) is 9.97 Å². The summed E-state index contributed by atoms with van der Waals surface area (Å²) in [6, 6.07) is 26.8. The van der Waals surface area contributed by atoms with Crippen LogP contribution in [-0.2, 0) is 0 Å². The van der Waals surface area contributed by atoms with Crippen LogP contribution in [-0.4, -0.2) is 9.97 Å². The van der Waals surface area contributed by atoms with Crippen molar-refractivity contribution in [3.8, 4) is 0 Å². The molecule has 1 aromatic heterocycles. The minimum absolute atomic E-state index is 0.892. The van der Waals surface area contributed by atoms with Gasteiger partial charge in [-0.15, -0.1) is 0 Å². The Hall–Kier alpha value is -2.85. The van der Waals surface area contributed by atoms with Crippen LogP contribution in [0.25, 0.3) is 11.0 Å². The summed E-state index contributed by atoms with van der Waals surface area (Å²) in [7, 11) is 0. The molecule has 0 aliphatic carbocycles. The van der Waals surface area contributed by atoms with Crippen molar-refractivity contribution in [1.29, 1.82) is 0 Å². The molecule has 0 atom stereocenters. The zero-order valence-electron chi connectivity index (χ0n) is 12.8. The van der Waals surface area contributed by atoms with Gasteiger partial charge in [-0.1, -0.05) is 54.2 Å². The van der Waals surface area contributed by atoms with Gasteiger partial charge in [-0.2, -0.15) is 0 Å². The monoisotopic (exact) mass is 327 g/mol. The molecule has 0 spiro atoms. The van der Waals surface area contributed by atoms with Gasteiger partial charge in [-0.05, 0) is 36.4 Å². The van der Waals surface area contributed by atoms with Gasteiger partial charge in [0.1, 0.15) is 5.03 Å². The highest BCUT2D eigenvalue weighted by atomic mass is 32.2. The van der Waals surface area contributed by atoms with Crippen molar-refractivity contribution in [1.82, 2.24) is 9.97 Å². The number of nitrogens with zero attached hydrogens (tertiary/aromatic N) is 3. The quantitative estimate of drug-likeness (QED) is 0.403. The minimum atomic E-state index is 0.892. The van der Waals surface area contributed by atoms with E-state index in [9.17, 15) is 0 Å². The van der Waals surface area contributed by atoms with Crippen LogP contribution in [0.5, 0.6) is 0 Å². The van der Waals surface area contributed by atoms with Crippen LogP contribution in [0.3, 0.4) is 0 Å². The van der Waals surface area contributed by atoms with Gasteiger partial charge < -0.3 is 0 Å². The highest BCUT2D eigenvalue weighted by Crippen LogP contribution is 2.49. The van der Waals surface area contributed by atoms with Crippen molar-refractivity contribution in [3.05, 3.63) is 78.9 Å². The summed E-state index contributed by atoms with van der Waals surface area (Å²) >= 11 is 1.68. The first-order chi connectivity index (χ1) is 11.9. The van der Waals surface area contributed by atoms with Gasteiger partial charge in [-0.3, -0.25) is 4.90 Å². The fraction of sp³-hybridized carbons (Fsp3) is 0. The molecule has 0 bridgehead atoms. The number of hydrogen-bond acceptors (Lipinski definition) is 4. The predicted octanol–water partition coefficient (Wildman–Crippen LogP) is 5.56. The van der Waals surface area contributed by atoms with Crippen LogP contribution in [0.15, 0.2) is 88.8 Å². The minimum Gasteiger partial charge on any atom is -0.292 e. The van der Waals surface area contributed by atoms with E-state index in [4.69, 9.17) is 9.97 Å². The van der Waals surface area contributed by atoms with Gasteiger partial charge in [0.2, 0.25) is 0 Å². The Morgan fingerprint density at radius 2 is 1.33 bits per heavy atom. The Bertz CT molecular complexity index is 1050. The summed E-state index contributed by atoms with van der Waals surface area (Å²) in [5.74, 6) is 0.892. The van der Waals surface area contributed by atoms with Crippen molar-refractivity contribution < 1.29 is 0 Å². The third-order valence-corrected chi connectivity index (χ3v) is 5.09. The Labute approximate surface area is 144 Å². The van der Waals surface area contributed by atoms with E-state index in [-0.39, 0.29) is 0 Å². The molecule has 0 fully saturated rings. The van der Waals surface area contributed by atoms with Crippen LogP contribution in [0.4, 0.5) is 17.2 Å². The molecule has 3 aromatic carbocycles. The Balaban J connectivity index is 1.81. The Morgan fingerprint density at radius 3 is 2.17 bits per heavy atom. The maximum absolute atomic E-state index is 4.92. The summed E-state index contributed by atoms with van der Waals surface area (Å²) in [4.78, 5) is 13.2. The molecule has 3 nitrogen and oxygen atoms in total. The number of rotatable bonds is 1. The van der Waals surface area contributed by atoms with E-state index < -0.39 is 0 Å². The molecule has 1 aliphatic heterocycles. The molecule has 114 valence electrons. The highest BCUT2D eigenvalue weighted by molar-refractivity contribution is 7.99. The molecule has 24 heavy (non-hydrogen) atoms. The van der Waals surface area contributed by atoms with Crippen LogP contribution < -0.4 is 4.90 Å². The maximum Gasteiger partial charge on any atom is 0.171 e. The lowest BCUT2D eigenvalue weighted by molar-refractivity contribution is 1.03. The molecule has 0 saturated heterocycles. The summed E-state index contributed by atoms with van der Waals surface area (Å²) in [6.07, 6.45) is 0. The summed E-state index contributed by atoms with van der Waals surface area (Å²) in [5, 5.41) is 0.941. The molecule has 0 amide bonds. The Kier molecular flexibility index (Phi) is 3.03. The molecule has 0 radical (unpaired) electrons. The second-order valence-corrected chi connectivity index (χ2v) is 6.61. The number of fused-ring (bicyclic) bond motifs is 3. The molecule has 4 aromatic rings. The van der Waals surface area contributed by atoms with Crippen molar-refractivity contribution in [2.45, 2.75) is 9.92 Å². The lowest BCUT2D eigenvalue weighted by atomic mass is 10.2. The highest BCUT2D eigenvalue weighted by Gasteiger charge is 2.27. The molecule has 4 heteroatoms. The third-order valence-electron chi connectivity index (χ3n) is 4.06. The smallest absolute Gasteiger partial charge is 0.171 e. The van der Waals surface area contributed by atoms with E-state index >= 15 is 0 Å². The van der Waals surface area contributed by atoms with Crippen LogP contribution in [0.2, 0.25) is 0 Å². The lowest BCUT2D eigenvalue weighted by Gasteiger charge is -2.31. The standard InChI is InChI=1S/C20H13N3S/c1-2-8-14(9-3-1)23-17-12-6-7-13-18(17)24-20-19(23)21-15-10-4-5-11-16(15)22-20/h1-13H. The second kappa shape index (κ2) is 5.35. The number of hydrogen-bond donors (Lipinski definition) is 0. The summed E-state index contributed by atoms with van der Waals surface area (Å²) < 4.78 is 0. The molecular weight excluding hydrogens is 314 g/mol. The van der Waals surface area contributed by atoms with Crippen LogP contribution in [0, 0.1) is 0 Å². The van der Waals surface area contributed by atoms with Crippen molar-refractivity contribution in [2.75, 3.05) is 4.90 Å². The van der Waals surface area contributed by atoms with Gasteiger partial charge >= 0.3 is 0 Å². The van der Waals surface area contributed by atoms with Crippen molar-refractivity contribution in [2.24, 2.45) is 0 Å². The van der Waals surface area contributed by atoms with E-state index in [1.807, 2.05) is 42.5 Å². The molecule has 0 unspecified atom stereocenters. The average molecular weight is 327 g/mol. The van der Waals surface area contributed by atoms with Crippen molar-refractivity contribution in [3.63, 3.8) is 0 Å². The number of aromatic nitrogens is 2. The fourth-order valence-electron chi connectivity index (χ4n) is 2.97. The normalized spacial score (nSPS) is 12.8. The third kappa shape index (κ3) is 2.07. The molecule has 0 saturated carbocycles. The first kappa shape index (κ1) is 13.6. The number of benzene rings is 3. The van der Waals surface area contributed by atoms with Gasteiger partial charge in [0.15, 0.2) is 5.82 Å². The summed E-state index contributed by atoms with van der Waals surface area (Å²) in [6.45, 7) is 0.